The topological polar surface area (TPSA) is 84.5 Å². The first-order valence-electron chi connectivity index (χ1n) is 8.34. The van der Waals surface area contributed by atoms with Crippen molar-refractivity contribution in [3.8, 4) is 0 Å². The highest BCUT2D eigenvalue weighted by Crippen LogP contribution is 2.41. The zero-order valence-electron chi connectivity index (χ0n) is 14.3. The molecule has 3 N–H and O–H groups in total. The van der Waals surface area contributed by atoms with Crippen LogP contribution in [0.15, 0.2) is 41.4 Å². The maximum absolute atomic E-state index is 12.6. The molecule has 0 spiro atoms. The van der Waals surface area contributed by atoms with Gasteiger partial charge < -0.3 is 11.1 Å². The summed E-state index contributed by atoms with van der Waals surface area (Å²) in [5, 5.41) is 3.73. The molecular formula is C20H15Cl2N3O2. The van der Waals surface area contributed by atoms with Crippen molar-refractivity contribution < 1.29 is 9.59 Å². The Morgan fingerprint density at radius 3 is 2.74 bits per heavy atom. The number of amides is 1. The average Bonchev–Trinajstić information content (AvgIpc) is 2.96. The third-order valence-electron chi connectivity index (χ3n) is 4.77. The Morgan fingerprint density at radius 2 is 2.04 bits per heavy atom. The number of benzene rings is 2. The van der Waals surface area contributed by atoms with E-state index < -0.39 is 0 Å². The number of Topliss-reactive ketones (excluding diaryl/α,β-unsaturated/α-hetero) is 1. The highest BCUT2D eigenvalue weighted by Gasteiger charge is 2.34. The van der Waals surface area contributed by atoms with Crippen LogP contribution in [0, 0.1) is 6.92 Å². The van der Waals surface area contributed by atoms with Gasteiger partial charge in [0.1, 0.15) is 5.84 Å². The number of rotatable bonds is 3. The van der Waals surface area contributed by atoms with E-state index >= 15 is 0 Å². The van der Waals surface area contributed by atoms with E-state index in [-0.39, 0.29) is 24.2 Å². The average molecular weight is 400 g/mol. The van der Waals surface area contributed by atoms with Gasteiger partial charge in [-0.15, -0.1) is 0 Å². The van der Waals surface area contributed by atoms with Crippen molar-refractivity contribution in [2.75, 3.05) is 6.54 Å². The molecule has 2 aliphatic heterocycles. The van der Waals surface area contributed by atoms with Crippen LogP contribution in [0.25, 0.3) is 5.57 Å². The highest BCUT2D eigenvalue weighted by molar-refractivity contribution is 6.38. The Morgan fingerprint density at radius 1 is 1.26 bits per heavy atom. The molecule has 0 aliphatic carbocycles. The molecule has 7 heteroatoms. The van der Waals surface area contributed by atoms with Crippen molar-refractivity contribution in [3.05, 3.63) is 68.7 Å². The summed E-state index contributed by atoms with van der Waals surface area (Å²) in [6.45, 7) is 1.79. The molecule has 0 radical (unpaired) electrons. The molecule has 0 aromatic heterocycles. The van der Waals surface area contributed by atoms with Crippen LogP contribution in [0.2, 0.25) is 10.0 Å². The highest BCUT2D eigenvalue weighted by atomic mass is 35.5. The summed E-state index contributed by atoms with van der Waals surface area (Å²) in [7, 11) is 0. The molecule has 2 aromatic rings. The van der Waals surface area contributed by atoms with Gasteiger partial charge >= 0.3 is 0 Å². The molecule has 4 rings (SSSR count). The van der Waals surface area contributed by atoms with Crippen molar-refractivity contribution in [3.63, 3.8) is 0 Å². The molecule has 0 saturated heterocycles. The van der Waals surface area contributed by atoms with Crippen LogP contribution in [0.5, 0.6) is 0 Å². The quantitative estimate of drug-likeness (QED) is 0.769. The fourth-order valence-electron chi connectivity index (χ4n) is 3.43. The number of carbonyl (C=O) groups is 2. The number of halogens is 2. The third kappa shape index (κ3) is 2.98. The van der Waals surface area contributed by atoms with Gasteiger partial charge in [0.05, 0.1) is 23.2 Å². The van der Waals surface area contributed by atoms with Crippen LogP contribution in [-0.4, -0.2) is 24.1 Å². The first kappa shape index (κ1) is 17.9. The molecule has 136 valence electrons. The van der Waals surface area contributed by atoms with Gasteiger partial charge in [-0.05, 0) is 42.3 Å². The minimum absolute atomic E-state index is 0.0593. The van der Waals surface area contributed by atoms with Crippen LogP contribution < -0.4 is 11.1 Å². The largest absolute Gasteiger partial charge is 0.324 e. The van der Waals surface area contributed by atoms with Gasteiger partial charge in [0.2, 0.25) is 0 Å². The van der Waals surface area contributed by atoms with Crippen molar-refractivity contribution in [2.24, 2.45) is 10.7 Å². The van der Waals surface area contributed by atoms with Crippen molar-refractivity contribution in [1.82, 2.24) is 5.32 Å². The van der Waals surface area contributed by atoms with Gasteiger partial charge in [0, 0.05) is 21.7 Å². The number of fused-ring (bicyclic) bond motifs is 3. The van der Waals surface area contributed by atoms with E-state index in [9.17, 15) is 9.59 Å². The molecule has 0 fully saturated rings. The minimum Gasteiger partial charge on any atom is -0.324 e. The van der Waals surface area contributed by atoms with E-state index in [1.807, 2.05) is 25.1 Å². The molecule has 0 saturated carbocycles. The van der Waals surface area contributed by atoms with Crippen LogP contribution in [0.3, 0.4) is 0 Å². The SMILES string of the molecule is Cc1cc2c(cc1C(=O)CN)C1C=C(c3ccc(Cl)cc3Cl)C(=O)NC1=N2. The minimum atomic E-state index is -0.281. The number of hydrogen-bond donors (Lipinski definition) is 2. The van der Waals surface area contributed by atoms with Crippen LogP contribution in [0.1, 0.15) is 33.0 Å². The summed E-state index contributed by atoms with van der Waals surface area (Å²) in [5.74, 6) is -0.129. The van der Waals surface area contributed by atoms with Gasteiger partial charge in [-0.3, -0.25) is 9.59 Å². The zero-order valence-corrected chi connectivity index (χ0v) is 15.9. The zero-order chi connectivity index (χ0) is 19.3. The fourth-order valence-corrected chi connectivity index (χ4v) is 3.94. The predicted octanol–water partition coefficient (Wildman–Crippen LogP) is 3.78. The Balaban J connectivity index is 1.83. The first-order chi connectivity index (χ1) is 12.9. The Bertz CT molecular complexity index is 1070. The second-order valence-electron chi connectivity index (χ2n) is 6.49. The van der Waals surface area contributed by atoms with Gasteiger partial charge in [-0.25, -0.2) is 4.99 Å². The van der Waals surface area contributed by atoms with Gasteiger partial charge in [0.15, 0.2) is 5.78 Å². The summed E-state index contributed by atoms with van der Waals surface area (Å²) in [5.41, 5.74) is 9.54. The number of nitrogens with zero attached hydrogens (tertiary/aromatic N) is 1. The molecule has 1 unspecified atom stereocenters. The summed E-state index contributed by atoms with van der Waals surface area (Å²) in [6.07, 6.45) is 1.82. The van der Waals surface area contributed by atoms with Crippen LogP contribution in [-0.2, 0) is 4.79 Å². The molecule has 1 atom stereocenters. The third-order valence-corrected chi connectivity index (χ3v) is 5.32. The van der Waals surface area contributed by atoms with E-state index in [4.69, 9.17) is 28.9 Å². The second-order valence-corrected chi connectivity index (χ2v) is 7.33. The number of amidine groups is 1. The van der Waals surface area contributed by atoms with Crippen LogP contribution >= 0.6 is 23.2 Å². The van der Waals surface area contributed by atoms with E-state index in [2.05, 4.69) is 10.3 Å². The Kier molecular flexibility index (Phi) is 4.38. The predicted molar refractivity (Wildman–Crippen MR) is 107 cm³/mol. The van der Waals surface area contributed by atoms with Gasteiger partial charge in [0.25, 0.3) is 5.91 Å². The van der Waals surface area contributed by atoms with Crippen molar-refractivity contribution in [1.29, 1.82) is 0 Å². The summed E-state index contributed by atoms with van der Waals surface area (Å²) in [6, 6.07) is 8.66. The number of nitrogens with two attached hydrogens (primary N) is 1. The normalized spacial score (nSPS) is 17.6. The number of aliphatic imine (C=N–C) groups is 1. The summed E-state index contributed by atoms with van der Waals surface area (Å²) >= 11 is 12.2. The molecule has 2 heterocycles. The van der Waals surface area contributed by atoms with E-state index in [0.717, 1.165) is 16.8 Å². The number of nitrogens with one attached hydrogen (secondary N) is 1. The summed E-state index contributed by atoms with van der Waals surface area (Å²) in [4.78, 5) is 29.2. The van der Waals surface area contributed by atoms with Crippen molar-refractivity contribution in [2.45, 2.75) is 12.8 Å². The molecule has 0 bridgehead atoms. The molecule has 2 aliphatic rings. The lowest BCUT2D eigenvalue weighted by molar-refractivity contribution is -0.114. The van der Waals surface area contributed by atoms with Crippen LogP contribution in [0.4, 0.5) is 5.69 Å². The van der Waals surface area contributed by atoms with Gasteiger partial charge in [-0.1, -0.05) is 35.3 Å². The molecular weight excluding hydrogens is 385 g/mol. The number of hydrogen-bond acceptors (Lipinski definition) is 4. The lowest BCUT2D eigenvalue weighted by atomic mass is 9.88. The number of ketones is 1. The van der Waals surface area contributed by atoms with E-state index in [0.29, 0.717) is 32.6 Å². The first-order valence-corrected chi connectivity index (χ1v) is 9.09. The van der Waals surface area contributed by atoms with Gasteiger partial charge in [-0.2, -0.15) is 0 Å². The molecule has 2 aromatic carbocycles. The van der Waals surface area contributed by atoms with E-state index in [1.165, 1.54) is 0 Å². The maximum Gasteiger partial charge on any atom is 0.256 e. The van der Waals surface area contributed by atoms with E-state index in [1.54, 1.807) is 18.2 Å². The number of aryl methyl sites for hydroxylation is 1. The maximum atomic E-state index is 12.6. The standard InChI is InChI=1S/C20H15Cl2N3O2/c1-9-4-17-13(6-12(9)18(26)8-23)14-7-15(20(27)25-19(14)24-17)11-3-2-10(21)5-16(11)22/h2-7,14H,8,23H2,1H3,(H,24,25,27). The fraction of sp³-hybridized carbons (Fsp3) is 0.150. The number of carbonyl (C=O) groups excluding carboxylic acids is 2. The smallest absolute Gasteiger partial charge is 0.256 e. The summed E-state index contributed by atoms with van der Waals surface area (Å²) < 4.78 is 0. The molecule has 5 nitrogen and oxygen atoms in total. The second kappa shape index (κ2) is 6.60. The monoisotopic (exact) mass is 399 g/mol. The lowest BCUT2D eigenvalue weighted by Crippen LogP contribution is -2.37. The molecule has 27 heavy (non-hydrogen) atoms. The van der Waals surface area contributed by atoms with Crippen molar-refractivity contribution >= 4 is 52.0 Å². The molecule has 1 amide bonds. The Labute approximate surface area is 165 Å². The lowest BCUT2D eigenvalue weighted by Gasteiger charge is -2.21. The Hall–Kier alpha value is -2.47.